The molecule has 38 valence electrons. The molecule has 0 aromatic carbocycles. The van der Waals surface area contributed by atoms with Crippen molar-refractivity contribution >= 4 is 0 Å². The molecule has 0 saturated heterocycles. The first-order chi connectivity index (χ1) is 3.43. The monoisotopic (exact) mass is 98.1 g/mol. The van der Waals surface area contributed by atoms with E-state index in [-0.39, 0.29) is 0 Å². The van der Waals surface area contributed by atoms with Crippen molar-refractivity contribution < 1.29 is 4.68 Å². The van der Waals surface area contributed by atoms with Crippen LogP contribution < -0.4 is 4.68 Å². The summed E-state index contributed by atoms with van der Waals surface area (Å²) in [4.78, 5) is 3.80. The van der Waals surface area contributed by atoms with E-state index in [0.29, 0.717) is 0 Å². The van der Waals surface area contributed by atoms with Gasteiger partial charge in [0.2, 0.25) is 6.33 Å². The molecule has 1 aromatic rings. The molecule has 0 unspecified atom stereocenters. The summed E-state index contributed by atoms with van der Waals surface area (Å²) in [6.45, 7) is 3.01. The van der Waals surface area contributed by atoms with Crippen LogP contribution >= 0.6 is 0 Å². The number of H-pyrrole nitrogens is 1. The van der Waals surface area contributed by atoms with Gasteiger partial charge in [0.05, 0.1) is 0 Å². The second-order valence-corrected chi connectivity index (χ2v) is 1.31. The Balaban J connectivity index is 2.76. The van der Waals surface area contributed by atoms with Crippen molar-refractivity contribution in [3.05, 3.63) is 12.7 Å². The number of nitrogens with zero attached hydrogens (tertiary/aromatic N) is 2. The predicted molar refractivity (Wildman–Crippen MR) is 24.5 cm³/mol. The Kier molecular flexibility index (Phi) is 1.06. The Bertz CT molecular complexity index is 121. The second-order valence-electron chi connectivity index (χ2n) is 1.31. The predicted octanol–water partition coefficient (Wildman–Crippen LogP) is -0.283. The Morgan fingerprint density at radius 3 is 3.00 bits per heavy atom. The van der Waals surface area contributed by atoms with Crippen LogP contribution in [0.1, 0.15) is 6.92 Å². The highest BCUT2D eigenvalue weighted by Gasteiger charge is 1.88. The molecule has 1 heterocycles. The summed E-state index contributed by atoms with van der Waals surface area (Å²) in [6, 6.07) is 0. The molecule has 7 heavy (non-hydrogen) atoms. The minimum Gasteiger partial charge on any atom is -0.194 e. The number of nitrogens with one attached hydrogen (secondary N) is 1. The molecule has 3 heteroatoms. The number of aryl methyl sites for hydroxylation is 1. The summed E-state index contributed by atoms with van der Waals surface area (Å²) in [6.07, 6.45) is 3.41. The minimum absolute atomic E-state index is 0.958. The third-order valence-corrected chi connectivity index (χ3v) is 0.845. The van der Waals surface area contributed by atoms with Crippen LogP contribution in [0.4, 0.5) is 0 Å². The van der Waals surface area contributed by atoms with Gasteiger partial charge in [0.1, 0.15) is 6.54 Å². The Labute approximate surface area is 42.0 Å². The van der Waals surface area contributed by atoms with Crippen molar-refractivity contribution in [1.82, 2.24) is 10.1 Å². The van der Waals surface area contributed by atoms with Gasteiger partial charge in [-0.1, -0.05) is 0 Å². The first-order valence-electron chi connectivity index (χ1n) is 2.31. The van der Waals surface area contributed by atoms with E-state index < -0.39 is 0 Å². The average molecular weight is 98.1 g/mol. The number of aromatic nitrogens is 3. The lowest BCUT2D eigenvalue weighted by Gasteiger charge is -1.78. The normalized spacial score (nSPS) is 9.29. The zero-order chi connectivity index (χ0) is 5.11. The second kappa shape index (κ2) is 1.73. The summed E-state index contributed by atoms with van der Waals surface area (Å²) in [7, 11) is 0. The molecule has 0 spiro atoms. The minimum atomic E-state index is 0.958. The van der Waals surface area contributed by atoms with Crippen LogP contribution in [0.25, 0.3) is 0 Å². The molecule has 0 saturated carbocycles. The molecular weight excluding hydrogens is 90.1 g/mol. The molecule has 0 fully saturated rings. The number of hydrogen-bond donors (Lipinski definition) is 1. The van der Waals surface area contributed by atoms with Gasteiger partial charge in [-0.2, -0.15) is 9.78 Å². The van der Waals surface area contributed by atoms with Crippen LogP contribution in [0.3, 0.4) is 0 Å². The van der Waals surface area contributed by atoms with Gasteiger partial charge < -0.3 is 0 Å². The van der Waals surface area contributed by atoms with Crippen LogP contribution in [0.2, 0.25) is 0 Å². The number of aromatic amines is 1. The topological polar surface area (TPSA) is 32.6 Å². The zero-order valence-electron chi connectivity index (χ0n) is 4.26. The standard InChI is InChI=1S/C4H7N3/c1-2-7-4-5-3-6-7/h3-4H,2H2,1H3/p+1. The van der Waals surface area contributed by atoms with Crippen LogP contribution in [0.5, 0.6) is 0 Å². The summed E-state index contributed by atoms with van der Waals surface area (Å²) in [5.41, 5.74) is 0. The lowest BCUT2D eigenvalue weighted by Crippen LogP contribution is -2.32. The maximum atomic E-state index is 3.80. The third kappa shape index (κ3) is 0.765. The molecule has 0 aliphatic carbocycles. The highest BCUT2D eigenvalue weighted by molar-refractivity contribution is 4.34. The first kappa shape index (κ1) is 4.30. The van der Waals surface area contributed by atoms with Crippen LogP contribution in [0.15, 0.2) is 12.7 Å². The van der Waals surface area contributed by atoms with E-state index in [1.165, 1.54) is 0 Å². The van der Waals surface area contributed by atoms with Crippen molar-refractivity contribution in [3.8, 4) is 0 Å². The van der Waals surface area contributed by atoms with Crippen molar-refractivity contribution in [2.45, 2.75) is 13.5 Å². The van der Waals surface area contributed by atoms with E-state index in [1.807, 2.05) is 4.68 Å². The maximum absolute atomic E-state index is 3.80. The molecule has 1 N–H and O–H groups in total. The molecule has 0 atom stereocenters. The van der Waals surface area contributed by atoms with Gasteiger partial charge in [-0.15, -0.1) is 0 Å². The highest BCUT2D eigenvalue weighted by Crippen LogP contribution is 1.58. The molecule has 0 radical (unpaired) electrons. The molecule has 1 aromatic heterocycles. The van der Waals surface area contributed by atoms with Gasteiger partial charge in [0, 0.05) is 0 Å². The Morgan fingerprint density at radius 1 is 1.86 bits per heavy atom. The van der Waals surface area contributed by atoms with E-state index >= 15 is 0 Å². The summed E-state index contributed by atoms with van der Waals surface area (Å²) >= 11 is 0. The molecule has 0 bridgehead atoms. The molecule has 0 aliphatic rings. The smallest absolute Gasteiger partial charge is 0.194 e. The van der Waals surface area contributed by atoms with E-state index in [0.717, 1.165) is 6.54 Å². The van der Waals surface area contributed by atoms with Gasteiger partial charge in [0.15, 0.2) is 0 Å². The van der Waals surface area contributed by atoms with Crippen LogP contribution in [-0.2, 0) is 6.54 Å². The third-order valence-electron chi connectivity index (χ3n) is 0.845. The quantitative estimate of drug-likeness (QED) is 0.481. The molecular formula is C4H8N3+. The fraction of sp³-hybridized carbons (Fsp3) is 0.500. The molecule has 3 nitrogen and oxygen atoms in total. The summed E-state index contributed by atoms with van der Waals surface area (Å²) in [5, 5.41) is 2.89. The fourth-order valence-corrected chi connectivity index (χ4v) is 0.428. The van der Waals surface area contributed by atoms with Gasteiger partial charge in [-0.25, -0.2) is 0 Å². The van der Waals surface area contributed by atoms with Crippen molar-refractivity contribution in [3.63, 3.8) is 0 Å². The van der Waals surface area contributed by atoms with E-state index in [1.54, 1.807) is 12.7 Å². The molecule has 0 amide bonds. The largest absolute Gasteiger partial charge is 0.306 e. The average Bonchev–Trinajstić information content (AvgIpc) is 2.14. The Hall–Kier alpha value is -0.860. The van der Waals surface area contributed by atoms with Crippen LogP contribution in [0, 0.1) is 0 Å². The first-order valence-corrected chi connectivity index (χ1v) is 2.31. The van der Waals surface area contributed by atoms with Crippen molar-refractivity contribution in [2.75, 3.05) is 0 Å². The number of rotatable bonds is 1. The van der Waals surface area contributed by atoms with Gasteiger partial charge in [-0.05, 0) is 11.9 Å². The van der Waals surface area contributed by atoms with E-state index in [2.05, 4.69) is 17.0 Å². The summed E-state index contributed by atoms with van der Waals surface area (Å²) < 4.78 is 1.89. The summed E-state index contributed by atoms with van der Waals surface area (Å²) in [5.74, 6) is 0. The van der Waals surface area contributed by atoms with Gasteiger partial charge in [-0.3, -0.25) is 0 Å². The van der Waals surface area contributed by atoms with Crippen LogP contribution in [-0.4, -0.2) is 10.1 Å². The van der Waals surface area contributed by atoms with E-state index in [4.69, 9.17) is 0 Å². The van der Waals surface area contributed by atoms with Gasteiger partial charge in [0.25, 0.3) is 0 Å². The van der Waals surface area contributed by atoms with Crippen molar-refractivity contribution in [1.29, 1.82) is 0 Å². The Morgan fingerprint density at radius 2 is 2.71 bits per heavy atom. The fourth-order valence-electron chi connectivity index (χ4n) is 0.428. The zero-order valence-corrected chi connectivity index (χ0v) is 4.26. The number of hydrogen-bond acceptors (Lipinski definition) is 1. The van der Waals surface area contributed by atoms with E-state index in [9.17, 15) is 0 Å². The molecule has 1 rings (SSSR count). The SMILES string of the molecule is CC[n+]1cnc[nH]1. The van der Waals surface area contributed by atoms with Gasteiger partial charge >= 0.3 is 6.33 Å². The maximum Gasteiger partial charge on any atom is 0.306 e. The lowest BCUT2D eigenvalue weighted by molar-refractivity contribution is -0.748. The molecule has 0 aliphatic heterocycles. The van der Waals surface area contributed by atoms with Crippen molar-refractivity contribution in [2.24, 2.45) is 0 Å². The highest BCUT2D eigenvalue weighted by atomic mass is 15.3. The lowest BCUT2D eigenvalue weighted by atomic mass is 10.8.